The van der Waals surface area contributed by atoms with Gasteiger partial charge in [-0.1, -0.05) is 41.5 Å². The van der Waals surface area contributed by atoms with E-state index in [1.54, 1.807) is 22.5 Å². The molecule has 2 atom stereocenters. The van der Waals surface area contributed by atoms with Crippen LogP contribution in [0.2, 0.25) is 0 Å². The summed E-state index contributed by atoms with van der Waals surface area (Å²) in [5, 5.41) is 9.52. The van der Waals surface area contributed by atoms with Crippen molar-refractivity contribution in [2.75, 3.05) is 31.6 Å². The number of anilines is 1. The third-order valence-corrected chi connectivity index (χ3v) is 7.86. The molecule has 1 aliphatic carbocycles. The van der Waals surface area contributed by atoms with E-state index in [1.807, 2.05) is 41.5 Å². The van der Waals surface area contributed by atoms with Crippen LogP contribution in [-0.4, -0.2) is 58.0 Å². The first-order valence-corrected chi connectivity index (χ1v) is 14.6. The van der Waals surface area contributed by atoms with Gasteiger partial charge in [0.15, 0.2) is 0 Å². The first kappa shape index (κ1) is 32.8. The zero-order valence-corrected chi connectivity index (χ0v) is 24.4. The summed E-state index contributed by atoms with van der Waals surface area (Å²) < 4.78 is 35.5. The highest BCUT2D eigenvalue weighted by atomic mass is 31.2. The highest BCUT2D eigenvalue weighted by Gasteiger charge is 2.37. The Bertz CT molecular complexity index is 1180. The van der Waals surface area contributed by atoms with Crippen LogP contribution in [0, 0.1) is 12.7 Å². The molecule has 37 heavy (non-hydrogen) atoms. The number of rotatable bonds is 5. The number of hydrogen-bond donors (Lipinski definition) is 2. The Balaban J connectivity index is 0.00000106. The Labute approximate surface area is 219 Å². The van der Waals surface area contributed by atoms with Gasteiger partial charge in [0.1, 0.15) is 11.4 Å². The number of carbonyl (C=O) groups is 1. The van der Waals surface area contributed by atoms with Gasteiger partial charge in [0, 0.05) is 50.6 Å². The van der Waals surface area contributed by atoms with E-state index in [-0.39, 0.29) is 41.7 Å². The minimum atomic E-state index is -3.91. The molecule has 4 rings (SSSR count). The molecule has 1 saturated heterocycles. The van der Waals surface area contributed by atoms with Gasteiger partial charge in [0.25, 0.3) is 0 Å². The fourth-order valence-electron chi connectivity index (χ4n) is 4.34. The van der Waals surface area contributed by atoms with Crippen LogP contribution in [0.4, 0.5) is 10.1 Å². The van der Waals surface area contributed by atoms with E-state index in [0.717, 1.165) is 12.8 Å². The Morgan fingerprint density at radius 2 is 1.70 bits per heavy atom. The van der Waals surface area contributed by atoms with Gasteiger partial charge in [-0.05, 0) is 32.8 Å². The van der Waals surface area contributed by atoms with Crippen molar-refractivity contribution in [1.29, 1.82) is 0 Å². The second-order valence-electron chi connectivity index (χ2n) is 8.18. The molecular formula is C26H43FN3O6P. The number of aromatic nitrogens is 1. The summed E-state index contributed by atoms with van der Waals surface area (Å²) in [6.45, 7) is 16.0. The summed E-state index contributed by atoms with van der Waals surface area (Å²) in [7, 11) is -2.73. The molecular weight excluding hydrogens is 500 g/mol. The number of fused-ring (bicyclic) bond motifs is 1. The minimum Gasteiger partial charge on any atom is -0.477 e. The molecule has 2 unspecified atom stereocenters. The maximum Gasteiger partial charge on any atom is 0.405 e. The summed E-state index contributed by atoms with van der Waals surface area (Å²) in [5.41, 5.74) is -0.156. The van der Waals surface area contributed by atoms with Gasteiger partial charge in [-0.2, -0.15) is 0 Å². The molecule has 0 bridgehead atoms. The molecule has 1 aromatic carbocycles. The van der Waals surface area contributed by atoms with Gasteiger partial charge in [-0.3, -0.25) is 4.79 Å². The van der Waals surface area contributed by atoms with Gasteiger partial charge in [-0.25, -0.2) is 18.4 Å². The molecule has 2 N–H and O–H groups in total. The molecule has 9 nitrogen and oxygen atoms in total. The summed E-state index contributed by atoms with van der Waals surface area (Å²) in [5.74, 6) is -1.92. The van der Waals surface area contributed by atoms with Crippen molar-refractivity contribution in [2.45, 2.75) is 80.3 Å². The van der Waals surface area contributed by atoms with E-state index in [2.05, 4.69) is 0 Å². The first-order chi connectivity index (χ1) is 17.6. The number of halogens is 1. The third kappa shape index (κ3) is 6.79. The molecule has 1 saturated carbocycles. The summed E-state index contributed by atoms with van der Waals surface area (Å²) in [4.78, 5) is 36.2. The zero-order valence-electron chi connectivity index (χ0n) is 23.5. The van der Waals surface area contributed by atoms with Crippen LogP contribution in [0.3, 0.4) is 0 Å². The molecule has 0 spiro atoms. The van der Waals surface area contributed by atoms with E-state index in [4.69, 9.17) is 4.52 Å². The number of piperazine rings is 1. The predicted molar refractivity (Wildman–Crippen MR) is 147 cm³/mol. The molecule has 0 radical (unpaired) electrons. The third-order valence-electron chi connectivity index (χ3n) is 6.14. The molecule has 0 amide bonds. The van der Waals surface area contributed by atoms with Crippen molar-refractivity contribution in [3.05, 3.63) is 39.4 Å². The molecule has 210 valence electrons. The van der Waals surface area contributed by atoms with Gasteiger partial charge >= 0.3 is 13.7 Å². The highest BCUT2D eigenvalue weighted by Crippen LogP contribution is 2.48. The van der Waals surface area contributed by atoms with Gasteiger partial charge in [0.2, 0.25) is 5.43 Å². The largest absolute Gasteiger partial charge is 0.477 e. The number of benzene rings is 1. The SMILES string of the molecule is CC.CC.CC.COP(=O)(O)N1CCN(c2cc3c(c(C)c2F)c(=O)c(C(=O)O)cn3C2CC2)CC1C. The summed E-state index contributed by atoms with van der Waals surface area (Å²) in [6.07, 6.45) is 3.08. The van der Waals surface area contributed by atoms with Crippen molar-refractivity contribution >= 4 is 30.3 Å². The number of nitrogens with zero attached hydrogens (tertiary/aromatic N) is 3. The standard InChI is InChI=1S/C20H25FN3O6P.3C2H6/c1-11-9-22(6-7-24(11)31(28,29)30-3)16-8-15-17(12(2)18(16)21)19(25)14(20(26)27)10-23(15)13-4-5-13;3*1-2/h8,10-11,13H,4-7,9H2,1-3H3,(H,26,27)(H,28,29);3*1-2H3. The van der Waals surface area contributed by atoms with Gasteiger partial charge in [-0.15, -0.1) is 0 Å². The van der Waals surface area contributed by atoms with E-state index in [1.165, 1.54) is 24.9 Å². The molecule has 2 aromatic rings. The van der Waals surface area contributed by atoms with Crippen LogP contribution < -0.4 is 10.3 Å². The van der Waals surface area contributed by atoms with Crippen LogP contribution in [-0.2, 0) is 9.09 Å². The Morgan fingerprint density at radius 3 is 2.16 bits per heavy atom. The van der Waals surface area contributed by atoms with Crippen LogP contribution >= 0.6 is 7.75 Å². The maximum atomic E-state index is 15.4. The van der Waals surface area contributed by atoms with E-state index < -0.39 is 25.0 Å². The quantitative estimate of drug-likeness (QED) is 0.454. The summed E-state index contributed by atoms with van der Waals surface area (Å²) >= 11 is 0. The van der Waals surface area contributed by atoms with Gasteiger partial charge < -0.3 is 24.0 Å². The van der Waals surface area contributed by atoms with Crippen LogP contribution in [0.5, 0.6) is 0 Å². The van der Waals surface area contributed by atoms with Crippen molar-refractivity contribution in [3.8, 4) is 0 Å². The lowest BCUT2D eigenvalue weighted by Crippen LogP contribution is -2.50. The first-order valence-electron chi connectivity index (χ1n) is 13.1. The molecule has 2 fully saturated rings. The highest BCUT2D eigenvalue weighted by molar-refractivity contribution is 7.50. The van der Waals surface area contributed by atoms with Crippen LogP contribution in [0.15, 0.2) is 17.1 Å². The Hall–Kier alpha value is -2.26. The molecule has 11 heteroatoms. The second kappa shape index (κ2) is 14.0. The minimum absolute atomic E-state index is 0.0802. The zero-order chi connectivity index (χ0) is 28.7. The number of aryl methyl sites for hydroxylation is 1. The molecule has 1 aromatic heterocycles. The van der Waals surface area contributed by atoms with Crippen molar-refractivity contribution in [3.63, 3.8) is 0 Å². The van der Waals surface area contributed by atoms with Crippen molar-refractivity contribution in [1.82, 2.24) is 9.24 Å². The van der Waals surface area contributed by atoms with Crippen LogP contribution in [0.1, 0.15) is 83.3 Å². The number of hydrogen-bond acceptors (Lipinski definition) is 5. The monoisotopic (exact) mass is 543 g/mol. The smallest absolute Gasteiger partial charge is 0.405 e. The van der Waals surface area contributed by atoms with E-state index in [9.17, 15) is 24.2 Å². The normalized spacial score (nSPS) is 18.9. The fraction of sp³-hybridized carbons (Fsp3) is 0.615. The number of aromatic carboxylic acids is 1. The fourth-order valence-corrected chi connectivity index (χ4v) is 5.46. The molecule has 1 aliphatic heterocycles. The van der Waals surface area contributed by atoms with Crippen molar-refractivity contribution < 1.29 is 28.3 Å². The molecule has 2 aliphatic rings. The lowest BCUT2D eigenvalue weighted by atomic mass is 10.0. The number of pyridine rings is 1. The topological polar surface area (TPSA) is 112 Å². The predicted octanol–water partition coefficient (Wildman–Crippen LogP) is 5.82. The van der Waals surface area contributed by atoms with Crippen LogP contribution in [0.25, 0.3) is 10.9 Å². The number of carboxylic acids is 1. The Morgan fingerprint density at radius 1 is 1.14 bits per heavy atom. The molecule has 2 heterocycles. The van der Waals surface area contributed by atoms with Crippen molar-refractivity contribution in [2.24, 2.45) is 0 Å². The average Bonchev–Trinajstić information content (AvgIpc) is 3.74. The van der Waals surface area contributed by atoms with E-state index >= 15 is 4.39 Å². The van der Waals surface area contributed by atoms with Gasteiger partial charge in [0.05, 0.1) is 16.6 Å². The summed E-state index contributed by atoms with van der Waals surface area (Å²) in [6, 6.07) is 1.30. The second-order valence-corrected chi connectivity index (χ2v) is 10.0. The lowest BCUT2D eigenvalue weighted by Gasteiger charge is -2.41. The van der Waals surface area contributed by atoms with E-state index in [0.29, 0.717) is 17.7 Å². The average molecular weight is 544 g/mol. The Kier molecular flexibility index (Phi) is 12.4. The lowest BCUT2D eigenvalue weighted by molar-refractivity contribution is 0.0694. The number of carboxylic acid groups (broad SMARTS) is 1. The maximum absolute atomic E-state index is 15.4.